The first kappa shape index (κ1) is 11.2. The third-order valence-corrected chi connectivity index (χ3v) is 2.10. The van der Waals surface area contributed by atoms with Crippen LogP contribution in [0.1, 0.15) is 28.8 Å². The molecule has 0 fully saturated rings. The van der Waals surface area contributed by atoms with E-state index in [9.17, 15) is 14.7 Å². The molecule has 0 aliphatic rings. The van der Waals surface area contributed by atoms with Gasteiger partial charge < -0.3 is 10.2 Å². The summed E-state index contributed by atoms with van der Waals surface area (Å²) in [7, 11) is 0. The lowest BCUT2D eigenvalue weighted by Gasteiger charge is -2.02. The summed E-state index contributed by atoms with van der Waals surface area (Å²) in [6.45, 7) is 1.72. The van der Waals surface area contributed by atoms with Gasteiger partial charge in [0.25, 0.3) is 0 Å². The first-order valence-corrected chi connectivity index (χ1v) is 4.55. The van der Waals surface area contributed by atoms with E-state index in [0.29, 0.717) is 11.1 Å². The van der Waals surface area contributed by atoms with Crippen molar-refractivity contribution in [1.82, 2.24) is 0 Å². The van der Waals surface area contributed by atoms with E-state index in [1.54, 1.807) is 19.1 Å². The smallest absolute Gasteiger partial charge is 0.303 e. The van der Waals surface area contributed by atoms with Crippen LogP contribution < -0.4 is 0 Å². The first-order chi connectivity index (χ1) is 7.00. The average Bonchev–Trinajstić information content (AvgIpc) is 2.18. The van der Waals surface area contributed by atoms with Crippen LogP contribution in [0.25, 0.3) is 0 Å². The van der Waals surface area contributed by atoms with E-state index < -0.39 is 5.97 Å². The Labute approximate surface area is 87.2 Å². The number of phenolic OH excluding ortho intramolecular Hbond substituents is 1. The van der Waals surface area contributed by atoms with Crippen LogP contribution in [0.15, 0.2) is 18.2 Å². The highest BCUT2D eigenvalue weighted by Crippen LogP contribution is 2.18. The van der Waals surface area contributed by atoms with Crippen molar-refractivity contribution in [3.63, 3.8) is 0 Å². The van der Waals surface area contributed by atoms with Gasteiger partial charge in [0.2, 0.25) is 0 Å². The number of carbonyl (C=O) groups is 2. The van der Waals surface area contributed by atoms with Crippen molar-refractivity contribution in [2.75, 3.05) is 0 Å². The van der Waals surface area contributed by atoms with Gasteiger partial charge in [-0.3, -0.25) is 9.59 Å². The van der Waals surface area contributed by atoms with E-state index in [-0.39, 0.29) is 24.4 Å². The Hall–Kier alpha value is -1.84. The summed E-state index contributed by atoms with van der Waals surface area (Å²) in [4.78, 5) is 21.7. The predicted octanol–water partition coefficient (Wildman–Crippen LogP) is 1.75. The van der Waals surface area contributed by atoms with E-state index in [0.717, 1.165) is 0 Å². The zero-order valence-corrected chi connectivity index (χ0v) is 8.36. The number of phenols is 1. The molecule has 0 saturated carbocycles. The summed E-state index contributed by atoms with van der Waals surface area (Å²) in [6, 6.07) is 4.57. The summed E-state index contributed by atoms with van der Waals surface area (Å²) < 4.78 is 0. The van der Waals surface area contributed by atoms with Crippen LogP contribution in [0.2, 0.25) is 0 Å². The van der Waals surface area contributed by atoms with Crippen molar-refractivity contribution < 1.29 is 19.8 Å². The minimum Gasteiger partial charge on any atom is -0.508 e. The Bertz CT molecular complexity index is 396. The normalized spacial score (nSPS) is 9.93. The average molecular weight is 208 g/mol. The summed E-state index contributed by atoms with van der Waals surface area (Å²) in [5, 5.41) is 17.8. The van der Waals surface area contributed by atoms with E-state index in [1.165, 1.54) is 6.07 Å². The van der Waals surface area contributed by atoms with Crippen molar-refractivity contribution in [2.24, 2.45) is 0 Å². The molecule has 0 spiro atoms. The molecule has 0 saturated heterocycles. The fourth-order valence-corrected chi connectivity index (χ4v) is 1.15. The third-order valence-electron chi connectivity index (χ3n) is 2.10. The number of ketones is 1. The van der Waals surface area contributed by atoms with Crippen LogP contribution in [-0.4, -0.2) is 22.0 Å². The fourth-order valence-electron chi connectivity index (χ4n) is 1.15. The minimum absolute atomic E-state index is 0.0438. The van der Waals surface area contributed by atoms with Crippen LogP contribution in [0.4, 0.5) is 0 Å². The Morgan fingerprint density at radius 3 is 2.47 bits per heavy atom. The quantitative estimate of drug-likeness (QED) is 0.739. The van der Waals surface area contributed by atoms with E-state index in [4.69, 9.17) is 5.11 Å². The number of carboxylic acids is 1. The molecule has 1 aromatic rings. The number of aromatic hydroxyl groups is 1. The Kier molecular flexibility index (Phi) is 3.44. The molecule has 0 aliphatic heterocycles. The Morgan fingerprint density at radius 1 is 1.27 bits per heavy atom. The van der Waals surface area contributed by atoms with E-state index in [2.05, 4.69) is 0 Å². The van der Waals surface area contributed by atoms with Gasteiger partial charge in [-0.25, -0.2) is 0 Å². The standard InChI is InChI=1S/C11H12O4/c1-7-2-3-8(6-10(7)13)9(12)4-5-11(14)15/h2-3,6,13H,4-5H2,1H3,(H,14,15). The number of aryl methyl sites for hydroxylation is 1. The highest BCUT2D eigenvalue weighted by atomic mass is 16.4. The molecule has 80 valence electrons. The van der Waals surface area contributed by atoms with Gasteiger partial charge in [0, 0.05) is 12.0 Å². The summed E-state index contributed by atoms with van der Waals surface area (Å²) in [5.41, 5.74) is 1.03. The van der Waals surface area contributed by atoms with Gasteiger partial charge >= 0.3 is 5.97 Å². The van der Waals surface area contributed by atoms with Gasteiger partial charge in [0.1, 0.15) is 5.75 Å². The van der Waals surface area contributed by atoms with Gasteiger partial charge in [-0.1, -0.05) is 12.1 Å². The molecule has 1 rings (SSSR count). The maximum Gasteiger partial charge on any atom is 0.303 e. The molecule has 1 aromatic carbocycles. The zero-order valence-electron chi connectivity index (χ0n) is 8.36. The van der Waals surface area contributed by atoms with E-state index >= 15 is 0 Å². The molecule has 4 heteroatoms. The number of rotatable bonds is 4. The number of aliphatic carboxylic acids is 1. The van der Waals surface area contributed by atoms with Gasteiger partial charge in [-0.15, -0.1) is 0 Å². The first-order valence-electron chi connectivity index (χ1n) is 4.55. The molecule has 0 unspecified atom stereocenters. The molecule has 15 heavy (non-hydrogen) atoms. The lowest BCUT2D eigenvalue weighted by Crippen LogP contribution is -2.03. The van der Waals surface area contributed by atoms with Crippen molar-refractivity contribution in [2.45, 2.75) is 19.8 Å². The molecule has 0 bridgehead atoms. The number of hydrogen-bond donors (Lipinski definition) is 2. The second kappa shape index (κ2) is 4.59. The lowest BCUT2D eigenvalue weighted by atomic mass is 10.0. The monoisotopic (exact) mass is 208 g/mol. The predicted molar refractivity (Wildman–Crippen MR) is 54.0 cm³/mol. The molecule has 0 radical (unpaired) electrons. The molecule has 0 aliphatic carbocycles. The molecule has 2 N–H and O–H groups in total. The van der Waals surface area contributed by atoms with E-state index in [1.807, 2.05) is 0 Å². The lowest BCUT2D eigenvalue weighted by molar-refractivity contribution is -0.136. The molecule has 0 amide bonds. The van der Waals surface area contributed by atoms with Crippen LogP contribution in [0.5, 0.6) is 5.75 Å². The maximum absolute atomic E-state index is 11.4. The Morgan fingerprint density at radius 2 is 1.93 bits per heavy atom. The van der Waals surface area contributed by atoms with Crippen LogP contribution >= 0.6 is 0 Å². The van der Waals surface area contributed by atoms with Crippen LogP contribution in [-0.2, 0) is 4.79 Å². The second-order valence-corrected chi connectivity index (χ2v) is 3.32. The fraction of sp³-hybridized carbons (Fsp3) is 0.273. The van der Waals surface area contributed by atoms with Gasteiger partial charge in [0.05, 0.1) is 6.42 Å². The Balaban J connectivity index is 2.74. The highest BCUT2D eigenvalue weighted by molar-refractivity contribution is 5.97. The number of Topliss-reactive ketones (excluding diaryl/α,β-unsaturated/α-hetero) is 1. The molecule has 0 aromatic heterocycles. The number of carboxylic acid groups (broad SMARTS) is 1. The van der Waals surface area contributed by atoms with Crippen molar-refractivity contribution in [3.05, 3.63) is 29.3 Å². The zero-order chi connectivity index (χ0) is 11.4. The van der Waals surface area contributed by atoms with Gasteiger partial charge in [-0.2, -0.15) is 0 Å². The van der Waals surface area contributed by atoms with Crippen LogP contribution in [0.3, 0.4) is 0 Å². The number of hydrogen-bond acceptors (Lipinski definition) is 3. The highest BCUT2D eigenvalue weighted by Gasteiger charge is 2.09. The molecule has 0 atom stereocenters. The number of carbonyl (C=O) groups excluding carboxylic acids is 1. The maximum atomic E-state index is 11.4. The second-order valence-electron chi connectivity index (χ2n) is 3.32. The molecular weight excluding hydrogens is 196 g/mol. The van der Waals surface area contributed by atoms with Crippen molar-refractivity contribution in [3.8, 4) is 5.75 Å². The van der Waals surface area contributed by atoms with Gasteiger partial charge in [-0.05, 0) is 18.6 Å². The minimum atomic E-state index is -1.00. The molecule has 0 heterocycles. The summed E-state index contributed by atoms with van der Waals surface area (Å²) >= 11 is 0. The van der Waals surface area contributed by atoms with Gasteiger partial charge in [0.15, 0.2) is 5.78 Å². The largest absolute Gasteiger partial charge is 0.508 e. The van der Waals surface area contributed by atoms with Crippen molar-refractivity contribution in [1.29, 1.82) is 0 Å². The summed E-state index contributed by atoms with van der Waals surface area (Å²) in [6.07, 6.45) is -0.231. The van der Waals surface area contributed by atoms with Crippen molar-refractivity contribution >= 4 is 11.8 Å². The molecular formula is C11H12O4. The number of benzene rings is 1. The summed E-state index contributed by atoms with van der Waals surface area (Å²) in [5.74, 6) is -1.22. The van der Waals surface area contributed by atoms with Crippen LogP contribution in [0, 0.1) is 6.92 Å². The SMILES string of the molecule is Cc1ccc(C(=O)CCC(=O)O)cc1O. The third kappa shape index (κ3) is 3.09. The molecule has 4 nitrogen and oxygen atoms in total. The topological polar surface area (TPSA) is 74.6 Å².